The molecule has 1 heterocycles. The molecule has 1 aliphatic rings. The lowest BCUT2D eigenvalue weighted by atomic mass is 9.98. The Morgan fingerprint density at radius 3 is 3.11 bits per heavy atom. The second-order valence-electron chi connectivity index (χ2n) is 5.29. The summed E-state index contributed by atoms with van der Waals surface area (Å²) >= 11 is 3.44. The molecule has 0 aromatic heterocycles. The van der Waals surface area contributed by atoms with Crippen LogP contribution in [0, 0.1) is 5.92 Å². The number of hydrogen-bond acceptors (Lipinski definition) is 3. The summed E-state index contributed by atoms with van der Waals surface area (Å²) in [5.74, 6) is 0.605. The van der Waals surface area contributed by atoms with Gasteiger partial charge in [0.2, 0.25) is 0 Å². The number of halogens is 1. The maximum absolute atomic E-state index is 10.3. The van der Waals surface area contributed by atoms with Gasteiger partial charge < -0.3 is 14.7 Å². The van der Waals surface area contributed by atoms with Gasteiger partial charge in [-0.25, -0.2) is 0 Å². The van der Waals surface area contributed by atoms with Crippen LogP contribution in [-0.2, 0) is 4.74 Å². The summed E-state index contributed by atoms with van der Waals surface area (Å²) in [5.41, 5.74) is 0.975. The number of piperidine rings is 1. The standard InChI is InChI=1S/C15H22BrNO2/c1-19-11-12-4-3-7-17(9-12)10-15(18)13-5-2-6-14(16)8-13/h2,5-6,8,12,15,18H,3-4,7,9-11H2,1H3. The first-order valence-electron chi connectivity index (χ1n) is 6.84. The zero-order chi connectivity index (χ0) is 13.7. The van der Waals surface area contributed by atoms with Gasteiger partial charge >= 0.3 is 0 Å². The molecule has 1 saturated heterocycles. The van der Waals surface area contributed by atoms with Crippen LogP contribution in [0.1, 0.15) is 24.5 Å². The second kappa shape index (κ2) is 7.39. The van der Waals surface area contributed by atoms with Crippen LogP contribution in [0.15, 0.2) is 28.7 Å². The summed E-state index contributed by atoms with van der Waals surface area (Å²) in [4.78, 5) is 2.35. The number of methoxy groups -OCH3 is 1. The van der Waals surface area contributed by atoms with Crippen molar-refractivity contribution in [3.8, 4) is 0 Å². The number of β-amino-alcohol motifs (C(OH)–C–C–N with tert-alkyl or cyclic N) is 1. The predicted molar refractivity (Wildman–Crippen MR) is 80.1 cm³/mol. The Morgan fingerprint density at radius 2 is 2.37 bits per heavy atom. The average Bonchev–Trinajstić information content (AvgIpc) is 2.39. The maximum atomic E-state index is 10.3. The Labute approximate surface area is 123 Å². The van der Waals surface area contributed by atoms with E-state index in [0.717, 1.165) is 29.7 Å². The van der Waals surface area contributed by atoms with E-state index < -0.39 is 6.10 Å². The minimum absolute atomic E-state index is 0.418. The molecule has 106 valence electrons. The van der Waals surface area contributed by atoms with Gasteiger partial charge in [0.1, 0.15) is 0 Å². The van der Waals surface area contributed by atoms with Gasteiger partial charge in [-0.05, 0) is 43.0 Å². The first-order valence-corrected chi connectivity index (χ1v) is 7.63. The van der Waals surface area contributed by atoms with Crippen molar-refractivity contribution < 1.29 is 9.84 Å². The summed E-state index contributed by atoms with van der Waals surface area (Å²) in [6.45, 7) is 3.63. The molecule has 1 aliphatic heterocycles. The van der Waals surface area contributed by atoms with Crippen molar-refractivity contribution in [2.45, 2.75) is 18.9 Å². The molecule has 0 aliphatic carbocycles. The third kappa shape index (κ3) is 4.56. The summed E-state index contributed by atoms with van der Waals surface area (Å²) in [7, 11) is 1.76. The highest BCUT2D eigenvalue weighted by Crippen LogP contribution is 2.22. The Morgan fingerprint density at radius 1 is 1.53 bits per heavy atom. The monoisotopic (exact) mass is 327 g/mol. The Hall–Kier alpha value is -0.420. The summed E-state index contributed by atoms with van der Waals surface area (Å²) < 4.78 is 6.25. The Bertz CT molecular complexity index is 397. The van der Waals surface area contributed by atoms with Crippen molar-refractivity contribution in [1.82, 2.24) is 4.90 Å². The molecule has 1 aromatic carbocycles. The molecule has 3 nitrogen and oxygen atoms in total. The molecule has 4 heteroatoms. The SMILES string of the molecule is COCC1CCCN(CC(O)c2cccc(Br)c2)C1. The van der Waals surface area contributed by atoms with Gasteiger partial charge in [-0.15, -0.1) is 0 Å². The lowest BCUT2D eigenvalue weighted by Gasteiger charge is -2.33. The predicted octanol–water partition coefficient (Wildman–Crippen LogP) is 2.84. The zero-order valence-corrected chi connectivity index (χ0v) is 13.0. The second-order valence-corrected chi connectivity index (χ2v) is 6.21. The molecule has 0 radical (unpaired) electrons. The molecule has 1 aromatic rings. The molecule has 0 bridgehead atoms. The third-order valence-electron chi connectivity index (χ3n) is 3.67. The fraction of sp³-hybridized carbons (Fsp3) is 0.600. The van der Waals surface area contributed by atoms with E-state index in [1.54, 1.807) is 7.11 Å². The molecule has 0 spiro atoms. The third-order valence-corrected chi connectivity index (χ3v) is 4.16. The largest absolute Gasteiger partial charge is 0.387 e. The van der Waals surface area contributed by atoms with Crippen LogP contribution < -0.4 is 0 Å². The fourth-order valence-corrected chi connectivity index (χ4v) is 3.17. The van der Waals surface area contributed by atoms with Crippen molar-refractivity contribution in [2.75, 3.05) is 33.4 Å². The molecule has 0 amide bonds. The van der Waals surface area contributed by atoms with E-state index in [1.807, 2.05) is 24.3 Å². The van der Waals surface area contributed by atoms with E-state index in [0.29, 0.717) is 12.5 Å². The first kappa shape index (κ1) is 15.0. The first-order chi connectivity index (χ1) is 9.19. The number of ether oxygens (including phenoxy) is 1. The van der Waals surface area contributed by atoms with E-state index in [4.69, 9.17) is 4.74 Å². The highest BCUT2D eigenvalue weighted by Gasteiger charge is 2.22. The van der Waals surface area contributed by atoms with Gasteiger partial charge in [0.05, 0.1) is 12.7 Å². The molecule has 2 unspecified atom stereocenters. The van der Waals surface area contributed by atoms with Crippen molar-refractivity contribution >= 4 is 15.9 Å². The number of aliphatic hydroxyl groups excluding tert-OH is 1. The number of aliphatic hydroxyl groups is 1. The minimum atomic E-state index is -0.418. The molecule has 1 N–H and O–H groups in total. The lowest BCUT2D eigenvalue weighted by Crippen LogP contribution is -2.39. The van der Waals surface area contributed by atoms with Crippen LogP contribution in [-0.4, -0.2) is 43.4 Å². The van der Waals surface area contributed by atoms with E-state index in [2.05, 4.69) is 20.8 Å². The molecular weight excluding hydrogens is 306 g/mol. The van der Waals surface area contributed by atoms with E-state index in [9.17, 15) is 5.11 Å². The quantitative estimate of drug-likeness (QED) is 0.902. The van der Waals surface area contributed by atoms with Gasteiger partial charge in [-0.1, -0.05) is 28.1 Å². The molecule has 2 atom stereocenters. The van der Waals surface area contributed by atoms with Gasteiger partial charge in [0.25, 0.3) is 0 Å². The number of benzene rings is 1. The highest BCUT2D eigenvalue weighted by molar-refractivity contribution is 9.10. The topological polar surface area (TPSA) is 32.7 Å². The number of likely N-dealkylation sites (tertiary alicyclic amines) is 1. The molecule has 0 saturated carbocycles. The number of rotatable bonds is 5. The zero-order valence-electron chi connectivity index (χ0n) is 11.4. The van der Waals surface area contributed by atoms with Crippen LogP contribution >= 0.6 is 15.9 Å². The van der Waals surface area contributed by atoms with Gasteiger partial charge in [-0.3, -0.25) is 0 Å². The van der Waals surface area contributed by atoms with Gasteiger partial charge in [0, 0.05) is 24.7 Å². The molecule has 1 fully saturated rings. The van der Waals surface area contributed by atoms with E-state index in [1.165, 1.54) is 12.8 Å². The van der Waals surface area contributed by atoms with Crippen LogP contribution in [0.3, 0.4) is 0 Å². The van der Waals surface area contributed by atoms with Crippen LogP contribution in [0.5, 0.6) is 0 Å². The summed E-state index contributed by atoms with van der Waals surface area (Å²) in [6.07, 6.45) is 2.01. The van der Waals surface area contributed by atoms with E-state index in [-0.39, 0.29) is 0 Å². The summed E-state index contributed by atoms with van der Waals surface area (Å²) in [6, 6.07) is 7.91. The number of hydrogen-bond donors (Lipinski definition) is 1. The normalized spacial score (nSPS) is 22.4. The van der Waals surface area contributed by atoms with Crippen LogP contribution in [0.25, 0.3) is 0 Å². The fourth-order valence-electron chi connectivity index (χ4n) is 2.75. The molecule has 2 rings (SSSR count). The minimum Gasteiger partial charge on any atom is -0.387 e. The van der Waals surface area contributed by atoms with E-state index >= 15 is 0 Å². The summed E-state index contributed by atoms with van der Waals surface area (Å²) in [5, 5.41) is 10.3. The number of nitrogens with zero attached hydrogens (tertiary/aromatic N) is 1. The van der Waals surface area contributed by atoms with Crippen molar-refractivity contribution in [1.29, 1.82) is 0 Å². The lowest BCUT2D eigenvalue weighted by molar-refractivity contribution is 0.0562. The van der Waals surface area contributed by atoms with Crippen LogP contribution in [0.2, 0.25) is 0 Å². The molecule has 19 heavy (non-hydrogen) atoms. The average molecular weight is 328 g/mol. The maximum Gasteiger partial charge on any atom is 0.0917 e. The van der Waals surface area contributed by atoms with Crippen molar-refractivity contribution in [3.05, 3.63) is 34.3 Å². The van der Waals surface area contributed by atoms with Crippen LogP contribution in [0.4, 0.5) is 0 Å². The smallest absolute Gasteiger partial charge is 0.0917 e. The highest BCUT2D eigenvalue weighted by atomic mass is 79.9. The Balaban J connectivity index is 1.89. The van der Waals surface area contributed by atoms with Gasteiger partial charge in [-0.2, -0.15) is 0 Å². The van der Waals surface area contributed by atoms with Crippen molar-refractivity contribution in [2.24, 2.45) is 5.92 Å². The molecular formula is C15H22BrNO2. The van der Waals surface area contributed by atoms with Gasteiger partial charge in [0.15, 0.2) is 0 Å². The Kier molecular flexibility index (Phi) is 5.82. The van der Waals surface area contributed by atoms with Crippen molar-refractivity contribution in [3.63, 3.8) is 0 Å².